The Bertz CT molecular complexity index is 438. The molecule has 0 unspecified atom stereocenters. The van der Waals surface area contributed by atoms with Crippen LogP contribution in [0.5, 0.6) is 5.75 Å². The number of hydrogen-bond donors (Lipinski definition) is 1. The lowest BCUT2D eigenvalue weighted by molar-refractivity contribution is -0.130. The van der Waals surface area contributed by atoms with Crippen molar-refractivity contribution in [1.82, 2.24) is 10.2 Å². The summed E-state index contributed by atoms with van der Waals surface area (Å²) < 4.78 is 5.67. The second-order valence-corrected chi connectivity index (χ2v) is 5.48. The van der Waals surface area contributed by atoms with Gasteiger partial charge in [0.05, 0.1) is 12.5 Å². The van der Waals surface area contributed by atoms with Gasteiger partial charge in [-0.05, 0) is 44.5 Å². The van der Waals surface area contributed by atoms with E-state index in [9.17, 15) is 4.79 Å². The van der Waals surface area contributed by atoms with Crippen molar-refractivity contribution in [3.63, 3.8) is 0 Å². The number of amides is 1. The summed E-state index contributed by atoms with van der Waals surface area (Å²) >= 11 is 0. The summed E-state index contributed by atoms with van der Waals surface area (Å²) in [6.07, 6.45) is 1.63. The van der Waals surface area contributed by atoms with Gasteiger partial charge in [-0.1, -0.05) is 12.1 Å². The van der Waals surface area contributed by atoms with E-state index in [2.05, 4.69) is 5.32 Å². The van der Waals surface area contributed by atoms with Gasteiger partial charge in [0, 0.05) is 19.6 Å². The third-order valence-corrected chi connectivity index (χ3v) is 3.32. The SMILES string of the molecule is CC(C)Oc1cccc(CC(=O)N2CCCNCC2)c1. The first-order valence-electron chi connectivity index (χ1n) is 7.39. The molecule has 1 aromatic rings. The highest BCUT2D eigenvalue weighted by atomic mass is 16.5. The van der Waals surface area contributed by atoms with Crippen molar-refractivity contribution < 1.29 is 9.53 Å². The number of carbonyl (C=O) groups excluding carboxylic acids is 1. The van der Waals surface area contributed by atoms with Crippen LogP contribution in [0.1, 0.15) is 25.8 Å². The van der Waals surface area contributed by atoms with E-state index in [-0.39, 0.29) is 12.0 Å². The molecular weight excluding hydrogens is 252 g/mol. The Morgan fingerprint density at radius 3 is 3.00 bits per heavy atom. The van der Waals surface area contributed by atoms with Crippen molar-refractivity contribution in [2.24, 2.45) is 0 Å². The minimum atomic E-state index is 0.151. The Morgan fingerprint density at radius 1 is 1.35 bits per heavy atom. The Hall–Kier alpha value is -1.55. The molecule has 1 N–H and O–H groups in total. The molecule has 2 rings (SSSR count). The molecule has 0 aliphatic carbocycles. The fourth-order valence-corrected chi connectivity index (χ4v) is 2.38. The van der Waals surface area contributed by atoms with Crippen molar-refractivity contribution in [1.29, 1.82) is 0 Å². The normalized spacial score (nSPS) is 16.1. The number of nitrogens with zero attached hydrogens (tertiary/aromatic N) is 1. The van der Waals surface area contributed by atoms with Crippen LogP contribution in [0.3, 0.4) is 0 Å². The maximum Gasteiger partial charge on any atom is 0.227 e. The van der Waals surface area contributed by atoms with Gasteiger partial charge in [-0.2, -0.15) is 0 Å². The molecule has 1 saturated heterocycles. The molecule has 0 saturated carbocycles. The molecule has 1 fully saturated rings. The Balaban J connectivity index is 1.96. The lowest BCUT2D eigenvalue weighted by Crippen LogP contribution is -2.35. The Morgan fingerprint density at radius 2 is 2.20 bits per heavy atom. The van der Waals surface area contributed by atoms with Gasteiger partial charge in [0.1, 0.15) is 5.75 Å². The molecule has 1 aliphatic rings. The summed E-state index contributed by atoms with van der Waals surface area (Å²) in [6, 6.07) is 7.84. The molecule has 4 heteroatoms. The Labute approximate surface area is 121 Å². The third kappa shape index (κ3) is 4.53. The fraction of sp³-hybridized carbons (Fsp3) is 0.562. The predicted octanol–water partition coefficient (Wildman–Crippen LogP) is 1.84. The molecule has 20 heavy (non-hydrogen) atoms. The Kier molecular flexibility index (Phi) is 5.41. The van der Waals surface area contributed by atoms with Crippen LogP contribution in [0.15, 0.2) is 24.3 Å². The standard InChI is InChI=1S/C16H24N2O2/c1-13(2)20-15-6-3-5-14(11-15)12-16(19)18-9-4-7-17-8-10-18/h3,5-6,11,13,17H,4,7-10,12H2,1-2H3. The summed E-state index contributed by atoms with van der Waals surface area (Å²) in [4.78, 5) is 14.3. The minimum absolute atomic E-state index is 0.151. The first-order valence-corrected chi connectivity index (χ1v) is 7.39. The molecule has 0 bridgehead atoms. The first kappa shape index (κ1) is 14.9. The maximum absolute atomic E-state index is 12.3. The maximum atomic E-state index is 12.3. The highest BCUT2D eigenvalue weighted by Gasteiger charge is 2.15. The summed E-state index contributed by atoms with van der Waals surface area (Å²) in [5.41, 5.74) is 1.02. The van der Waals surface area contributed by atoms with Gasteiger partial charge < -0.3 is 15.0 Å². The van der Waals surface area contributed by atoms with Crippen LogP contribution < -0.4 is 10.1 Å². The molecule has 1 aromatic carbocycles. The lowest BCUT2D eigenvalue weighted by atomic mass is 10.1. The van der Waals surface area contributed by atoms with Crippen molar-refractivity contribution in [2.75, 3.05) is 26.2 Å². The van der Waals surface area contributed by atoms with Gasteiger partial charge in [0.15, 0.2) is 0 Å². The quantitative estimate of drug-likeness (QED) is 0.912. The van der Waals surface area contributed by atoms with Gasteiger partial charge in [-0.3, -0.25) is 4.79 Å². The molecule has 1 amide bonds. The number of benzene rings is 1. The molecule has 0 aromatic heterocycles. The smallest absolute Gasteiger partial charge is 0.227 e. The predicted molar refractivity (Wildman–Crippen MR) is 80.0 cm³/mol. The number of rotatable bonds is 4. The molecule has 1 heterocycles. The monoisotopic (exact) mass is 276 g/mol. The van der Waals surface area contributed by atoms with Crippen LogP contribution >= 0.6 is 0 Å². The van der Waals surface area contributed by atoms with E-state index in [1.807, 2.05) is 43.0 Å². The van der Waals surface area contributed by atoms with Crippen molar-refractivity contribution in [3.05, 3.63) is 29.8 Å². The van der Waals surface area contributed by atoms with Gasteiger partial charge in [0.2, 0.25) is 5.91 Å². The van der Waals surface area contributed by atoms with E-state index in [1.54, 1.807) is 0 Å². The van der Waals surface area contributed by atoms with E-state index < -0.39 is 0 Å². The van der Waals surface area contributed by atoms with E-state index in [0.29, 0.717) is 6.42 Å². The molecule has 4 nitrogen and oxygen atoms in total. The van der Waals surface area contributed by atoms with Crippen LogP contribution in [0.25, 0.3) is 0 Å². The van der Waals surface area contributed by atoms with E-state index >= 15 is 0 Å². The van der Waals surface area contributed by atoms with Crippen LogP contribution in [-0.2, 0) is 11.2 Å². The van der Waals surface area contributed by atoms with Crippen molar-refractivity contribution in [3.8, 4) is 5.75 Å². The van der Waals surface area contributed by atoms with Crippen LogP contribution in [0.2, 0.25) is 0 Å². The minimum Gasteiger partial charge on any atom is -0.491 e. The average molecular weight is 276 g/mol. The molecule has 0 radical (unpaired) electrons. The van der Waals surface area contributed by atoms with Crippen LogP contribution in [0.4, 0.5) is 0 Å². The van der Waals surface area contributed by atoms with Gasteiger partial charge in [-0.25, -0.2) is 0 Å². The molecule has 110 valence electrons. The van der Waals surface area contributed by atoms with Gasteiger partial charge >= 0.3 is 0 Å². The highest BCUT2D eigenvalue weighted by molar-refractivity contribution is 5.78. The zero-order valence-electron chi connectivity index (χ0n) is 12.4. The van der Waals surface area contributed by atoms with Crippen molar-refractivity contribution >= 4 is 5.91 Å². The molecule has 0 spiro atoms. The van der Waals surface area contributed by atoms with E-state index in [0.717, 1.165) is 43.9 Å². The second-order valence-electron chi connectivity index (χ2n) is 5.48. The van der Waals surface area contributed by atoms with Gasteiger partial charge in [0.25, 0.3) is 0 Å². The highest BCUT2D eigenvalue weighted by Crippen LogP contribution is 2.16. The van der Waals surface area contributed by atoms with E-state index in [1.165, 1.54) is 0 Å². The lowest BCUT2D eigenvalue weighted by Gasteiger charge is -2.20. The largest absolute Gasteiger partial charge is 0.491 e. The number of carbonyl (C=O) groups is 1. The van der Waals surface area contributed by atoms with Crippen LogP contribution in [-0.4, -0.2) is 43.1 Å². The molecule has 0 atom stereocenters. The zero-order valence-corrected chi connectivity index (χ0v) is 12.4. The summed E-state index contributed by atoms with van der Waals surface area (Å²) in [6.45, 7) is 7.56. The molecular formula is C16H24N2O2. The number of hydrogen-bond acceptors (Lipinski definition) is 3. The van der Waals surface area contributed by atoms with Gasteiger partial charge in [-0.15, -0.1) is 0 Å². The zero-order chi connectivity index (χ0) is 14.4. The van der Waals surface area contributed by atoms with E-state index in [4.69, 9.17) is 4.74 Å². The second kappa shape index (κ2) is 7.29. The summed E-state index contributed by atoms with van der Waals surface area (Å²) in [5.74, 6) is 1.04. The van der Waals surface area contributed by atoms with Crippen molar-refractivity contribution in [2.45, 2.75) is 32.8 Å². The fourth-order valence-electron chi connectivity index (χ4n) is 2.38. The summed E-state index contributed by atoms with van der Waals surface area (Å²) in [5, 5.41) is 3.31. The summed E-state index contributed by atoms with van der Waals surface area (Å²) in [7, 11) is 0. The number of nitrogens with one attached hydrogen (secondary N) is 1. The average Bonchev–Trinajstić information content (AvgIpc) is 2.67. The topological polar surface area (TPSA) is 41.6 Å². The first-order chi connectivity index (χ1) is 9.65. The third-order valence-electron chi connectivity index (χ3n) is 3.32. The van der Waals surface area contributed by atoms with Crippen LogP contribution in [0, 0.1) is 0 Å². The molecule has 1 aliphatic heterocycles. The number of ether oxygens (including phenoxy) is 1.